The summed E-state index contributed by atoms with van der Waals surface area (Å²) in [7, 11) is 4.18. The van der Waals surface area contributed by atoms with E-state index in [1.807, 2.05) is 54.7 Å². The van der Waals surface area contributed by atoms with Crippen LogP contribution in [0.3, 0.4) is 0 Å². The van der Waals surface area contributed by atoms with Gasteiger partial charge in [-0.05, 0) is 84.9 Å². The predicted molar refractivity (Wildman–Crippen MR) is 143 cm³/mol. The quantitative estimate of drug-likeness (QED) is 0.309. The SMILES string of the molecule is C=CN(c1ccc(N)cc1)c1ccc2c(c1)c1cc(N(C)c3ccc(N)cc3)ccc1n2C. The number of benzene rings is 4. The zero-order valence-electron chi connectivity index (χ0n) is 18.9. The van der Waals surface area contributed by atoms with Crippen LogP contribution in [0.1, 0.15) is 0 Å². The van der Waals surface area contributed by atoms with Gasteiger partial charge in [0.1, 0.15) is 0 Å². The lowest BCUT2D eigenvalue weighted by Gasteiger charge is -2.21. The summed E-state index contributed by atoms with van der Waals surface area (Å²) in [5.41, 5.74) is 19.9. The fraction of sp³-hybridized carbons (Fsp3) is 0.0714. The summed E-state index contributed by atoms with van der Waals surface area (Å²) >= 11 is 0. The first-order valence-corrected chi connectivity index (χ1v) is 10.8. The average Bonchev–Trinajstić information content (AvgIpc) is 3.12. The first kappa shape index (κ1) is 20.5. The number of nitrogens with two attached hydrogens (primary N) is 2. The first-order valence-electron chi connectivity index (χ1n) is 10.8. The van der Waals surface area contributed by atoms with Crippen molar-refractivity contribution >= 4 is 55.9 Å². The summed E-state index contributed by atoms with van der Waals surface area (Å²) in [5.74, 6) is 0. The van der Waals surface area contributed by atoms with Crippen molar-refractivity contribution in [3.8, 4) is 0 Å². The molecule has 1 aromatic heterocycles. The van der Waals surface area contributed by atoms with E-state index in [2.05, 4.69) is 71.4 Å². The van der Waals surface area contributed by atoms with Gasteiger partial charge in [-0.3, -0.25) is 0 Å². The van der Waals surface area contributed by atoms with Gasteiger partial charge in [0.25, 0.3) is 0 Å². The molecule has 0 aliphatic heterocycles. The number of nitrogen functional groups attached to an aromatic ring is 2. The molecule has 0 unspecified atom stereocenters. The van der Waals surface area contributed by atoms with Crippen LogP contribution in [0, 0.1) is 0 Å². The maximum atomic E-state index is 5.88. The molecule has 0 radical (unpaired) electrons. The minimum atomic E-state index is 0.741. The summed E-state index contributed by atoms with van der Waals surface area (Å²) in [6.07, 6.45) is 1.83. The van der Waals surface area contributed by atoms with Crippen LogP contribution in [0.25, 0.3) is 21.8 Å². The minimum absolute atomic E-state index is 0.741. The van der Waals surface area contributed by atoms with Crippen LogP contribution < -0.4 is 21.3 Å². The fourth-order valence-corrected chi connectivity index (χ4v) is 4.39. The van der Waals surface area contributed by atoms with Gasteiger partial charge in [0.05, 0.1) is 0 Å². The molecular formula is C28H27N5. The van der Waals surface area contributed by atoms with Gasteiger partial charge < -0.3 is 25.8 Å². The smallest absolute Gasteiger partial charge is 0.0490 e. The molecule has 5 nitrogen and oxygen atoms in total. The average molecular weight is 434 g/mol. The van der Waals surface area contributed by atoms with Crippen LogP contribution in [0.15, 0.2) is 97.7 Å². The van der Waals surface area contributed by atoms with Crippen molar-refractivity contribution in [3.05, 3.63) is 97.7 Å². The van der Waals surface area contributed by atoms with E-state index in [0.717, 1.165) is 34.1 Å². The number of aryl methyl sites for hydroxylation is 1. The standard InChI is InChI=1S/C28H27N5/c1-4-33(22-11-7-20(30)8-12-22)24-14-16-28-26(18-24)25-17-23(13-15-27(25)32(28)3)31(2)21-9-5-19(29)6-10-21/h4-18H,1,29-30H2,2-3H3. The summed E-state index contributed by atoms with van der Waals surface area (Å²) in [6, 6.07) is 28.9. The van der Waals surface area contributed by atoms with E-state index >= 15 is 0 Å². The molecule has 1 heterocycles. The third kappa shape index (κ3) is 3.53. The van der Waals surface area contributed by atoms with Crippen molar-refractivity contribution in [2.45, 2.75) is 0 Å². The van der Waals surface area contributed by atoms with E-state index in [1.54, 1.807) is 0 Å². The van der Waals surface area contributed by atoms with E-state index in [0.29, 0.717) is 0 Å². The van der Waals surface area contributed by atoms with Crippen LogP contribution in [0.5, 0.6) is 0 Å². The van der Waals surface area contributed by atoms with Crippen LogP contribution in [0.2, 0.25) is 0 Å². The van der Waals surface area contributed by atoms with Crippen molar-refractivity contribution < 1.29 is 0 Å². The Hall–Kier alpha value is -4.38. The number of rotatable bonds is 5. The van der Waals surface area contributed by atoms with Gasteiger partial charge >= 0.3 is 0 Å². The lowest BCUT2D eigenvalue weighted by Crippen LogP contribution is -2.09. The van der Waals surface area contributed by atoms with E-state index in [9.17, 15) is 0 Å². The largest absolute Gasteiger partial charge is 0.399 e. The zero-order valence-corrected chi connectivity index (χ0v) is 18.9. The summed E-state index contributed by atoms with van der Waals surface area (Å²) < 4.78 is 2.24. The van der Waals surface area contributed by atoms with Gasteiger partial charge in [0, 0.05) is 76.2 Å². The number of nitrogens with zero attached hydrogens (tertiary/aromatic N) is 3. The molecule has 164 valence electrons. The molecule has 5 rings (SSSR count). The Morgan fingerprint density at radius 2 is 1.12 bits per heavy atom. The third-order valence-corrected chi connectivity index (χ3v) is 6.27. The monoisotopic (exact) mass is 433 g/mol. The summed E-state index contributed by atoms with van der Waals surface area (Å²) in [5, 5.41) is 2.40. The molecule has 5 aromatic rings. The van der Waals surface area contributed by atoms with Gasteiger partial charge in [0.15, 0.2) is 0 Å². The Morgan fingerprint density at radius 1 is 0.667 bits per heavy atom. The van der Waals surface area contributed by atoms with Gasteiger partial charge in [-0.2, -0.15) is 0 Å². The predicted octanol–water partition coefficient (Wildman–Crippen LogP) is 6.55. The van der Waals surface area contributed by atoms with Gasteiger partial charge in [-0.1, -0.05) is 6.58 Å². The minimum Gasteiger partial charge on any atom is -0.399 e. The molecule has 33 heavy (non-hydrogen) atoms. The second kappa shape index (κ2) is 7.95. The Balaban J connectivity index is 1.63. The molecule has 4 N–H and O–H groups in total. The lowest BCUT2D eigenvalue weighted by molar-refractivity contribution is 1.01. The molecule has 0 aliphatic carbocycles. The normalized spacial score (nSPS) is 11.1. The third-order valence-electron chi connectivity index (χ3n) is 6.27. The second-order valence-electron chi connectivity index (χ2n) is 8.26. The molecule has 0 aliphatic rings. The molecule has 0 fully saturated rings. The highest BCUT2D eigenvalue weighted by Crippen LogP contribution is 2.36. The topological polar surface area (TPSA) is 63.4 Å². The van der Waals surface area contributed by atoms with Gasteiger partial charge in [-0.25, -0.2) is 0 Å². The molecule has 0 bridgehead atoms. The van der Waals surface area contributed by atoms with Gasteiger partial charge in [-0.15, -0.1) is 0 Å². The number of hydrogen-bond donors (Lipinski definition) is 2. The van der Waals surface area contributed by atoms with Crippen LogP contribution in [0.4, 0.5) is 34.1 Å². The van der Waals surface area contributed by atoms with Crippen molar-refractivity contribution in [1.82, 2.24) is 4.57 Å². The number of hydrogen-bond acceptors (Lipinski definition) is 4. The van der Waals surface area contributed by atoms with Crippen molar-refractivity contribution in [2.75, 3.05) is 28.3 Å². The van der Waals surface area contributed by atoms with E-state index < -0.39 is 0 Å². The van der Waals surface area contributed by atoms with Crippen LogP contribution >= 0.6 is 0 Å². The number of fused-ring (bicyclic) bond motifs is 3. The highest BCUT2D eigenvalue weighted by Gasteiger charge is 2.14. The molecule has 4 aromatic carbocycles. The Morgan fingerprint density at radius 3 is 1.67 bits per heavy atom. The van der Waals surface area contributed by atoms with E-state index in [4.69, 9.17) is 11.5 Å². The van der Waals surface area contributed by atoms with Crippen molar-refractivity contribution in [2.24, 2.45) is 7.05 Å². The van der Waals surface area contributed by atoms with Gasteiger partial charge in [0.2, 0.25) is 0 Å². The Bertz CT molecular complexity index is 1460. The van der Waals surface area contributed by atoms with E-state index in [1.165, 1.54) is 21.8 Å². The maximum Gasteiger partial charge on any atom is 0.0490 e. The highest BCUT2D eigenvalue weighted by atomic mass is 15.1. The van der Waals surface area contributed by atoms with Crippen molar-refractivity contribution in [3.63, 3.8) is 0 Å². The first-order chi connectivity index (χ1) is 16.0. The molecule has 0 atom stereocenters. The van der Waals surface area contributed by atoms with Crippen LogP contribution in [-0.2, 0) is 7.05 Å². The van der Waals surface area contributed by atoms with Crippen molar-refractivity contribution in [1.29, 1.82) is 0 Å². The van der Waals surface area contributed by atoms with E-state index in [-0.39, 0.29) is 0 Å². The maximum absolute atomic E-state index is 5.88. The Kier molecular flexibility index (Phi) is 4.94. The lowest BCUT2D eigenvalue weighted by atomic mass is 10.1. The second-order valence-corrected chi connectivity index (χ2v) is 8.26. The molecular weight excluding hydrogens is 406 g/mol. The zero-order chi connectivity index (χ0) is 23.1. The van der Waals surface area contributed by atoms with Crippen LogP contribution in [-0.4, -0.2) is 11.6 Å². The molecule has 0 amide bonds. The molecule has 0 saturated heterocycles. The number of anilines is 6. The molecule has 0 spiro atoms. The number of aromatic nitrogens is 1. The molecule has 0 saturated carbocycles. The Labute approximate surface area is 193 Å². The highest BCUT2D eigenvalue weighted by molar-refractivity contribution is 6.10. The molecule has 5 heteroatoms. The summed E-state index contributed by atoms with van der Waals surface area (Å²) in [6.45, 7) is 4.03. The fourth-order valence-electron chi connectivity index (χ4n) is 4.39. The summed E-state index contributed by atoms with van der Waals surface area (Å²) in [4.78, 5) is 4.24.